The molecule has 1 spiro atoms. The first kappa shape index (κ1) is 16.4. The van der Waals surface area contributed by atoms with Gasteiger partial charge in [-0.15, -0.1) is 0 Å². The Hall–Kier alpha value is -3.55. The van der Waals surface area contributed by atoms with E-state index >= 15 is 0 Å². The summed E-state index contributed by atoms with van der Waals surface area (Å²) in [4.78, 5) is 40.6. The van der Waals surface area contributed by atoms with Gasteiger partial charge in [-0.1, -0.05) is 0 Å². The molecule has 0 unspecified atom stereocenters. The number of rotatable bonds is 2. The van der Waals surface area contributed by atoms with E-state index in [0.29, 0.717) is 17.9 Å². The van der Waals surface area contributed by atoms with Gasteiger partial charge in [0.1, 0.15) is 0 Å². The number of carboxylic acids is 1. The molecule has 0 aromatic carbocycles. The fourth-order valence-electron chi connectivity index (χ4n) is 4.53. The number of hydrogen-bond acceptors (Lipinski definition) is 5. The minimum absolute atomic E-state index is 0.00823. The van der Waals surface area contributed by atoms with Gasteiger partial charge in [-0.3, -0.25) is 9.78 Å². The molecule has 4 heterocycles. The number of hydrogen-bond donors (Lipinski definition) is 3. The Kier molecular flexibility index (Phi) is 3.11. The van der Waals surface area contributed by atoms with Gasteiger partial charge in [0.15, 0.2) is 5.82 Å². The third kappa shape index (κ3) is 2.28. The zero-order valence-corrected chi connectivity index (χ0v) is 15.5. The van der Waals surface area contributed by atoms with Crippen molar-refractivity contribution in [3.8, 4) is 22.8 Å². The summed E-state index contributed by atoms with van der Waals surface area (Å²) in [7, 11) is 0. The van der Waals surface area contributed by atoms with Crippen LogP contribution >= 0.6 is 0 Å². The topological polar surface area (TPSA) is 121 Å². The van der Waals surface area contributed by atoms with Gasteiger partial charge in [-0.05, 0) is 42.9 Å². The maximum Gasteiger partial charge on any atom is 0.337 e. The Morgan fingerprint density at radius 1 is 1.17 bits per heavy atom. The number of aromatic carboxylic acids is 1. The van der Waals surface area contributed by atoms with E-state index in [-0.39, 0.29) is 16.9 Å². The average molecular weight is 387 g/mol. The lowest BCUT2D eigenvalue weighted by Crippen LogP contribution is -2.39. The van der Waals surface area contributed by atoms with E-state index in [4.69, 9.17) is 4.98 Å². The maximum absolute atomic E-state index is 12.6. The first-order valence-corrected chi connectivity index (χ1v) is 9.64. The van der Waals surface area contributed by atoms with Gasteiger partial charge in [-0.2, -0.15) is 0 Å². The molecule has 8 heteroatoms. The molecule has 3 N–H and O–H groups in total. The smallest absolute Gasteiger partial charge is 0.337 e. The van der Waals surface area contributed by atoms with Gasteiger partial charge in [-0.25, -0.2) is 14.8 Å². The fraction of sp³-hybridized carbons (Fsp3) is 0.286. The van der Waals surface area contributed by atoms with Gasteiger partial charge >= 0.3 is 5.97 Å². The van der Waals surface area contributed by atoms with E-state index in [0.717, 1.165) is 59.5 Å². The van der Waals surface area contributed by atoms with Crippen molar-refractivity contribution in [2.24, 2.45) is 0 Å². The van der Waals surface area contributed by atoms with Gasteiger partial charge in [0, 0.05) is 41.8 Å². The lowest BCUT2D eigenvalue weighted by atomic mass is 9.88. The summed E-state index contributed by atoms with van der Waals surface area (Å²) in [5.41, 5.74) is 6.26. The molecule has 1 amide bonds. The minimum atomic E-state index is -1.04. The molecule has 0 saturated heterocycles. The SMILES string of the molecule is O=C(O)c1cncc(-c2ncc3c(n2)-c2[nH]c4c(c2CC3)C(=O)NCC42CC2)c1. The zero-order valence-electron chi connectivity index (χ0n) is 15.5. The van der Waals surface area contributed by atoms with Crippen LogP contribution in [-0.4, -0.2) is 43.5 Å². The molecule has 0 radical (unpaired) electrons. The summed E-state index contributed by atoms with van der Waals surface area (Å²) in [6.07, 6.45) is 8.35. The van der Waals surface area contributed by atoms with E-state index in [1.54, 1.807) is 12.4 Å². The molecule has 8 nitrogen and oxygen atoms in total. The van der Waals surface area contributed by atoms with Crippen LogP contribution in [0.3, 0.4) is 0 Å². The van der Waals surface area contributed by atoms with Crippen molar-refractivity contribution in [1.82, 2.24) is 25.3 Å². The molecule has 2 aliphatic carbocycles. The van der Waals surface area contributed by atoms with Crippen LogP contribution in [0.4, 0.5) is 0 Å². The van der Waals surface area contributed by atoms with E-state index in [1.807, 2.05) is 0 Å². The molecule has 1 saturated carbocycles. The van der Waals surface area contributed by atoms with E-state index in [1.165, 1.54) is 12.3 Å². The van der Waals surface area contributed by atoms with Crippen molar-refractivity contribution in [3.63, 3.8) is 0 Å². The summed E-state index contributed by atoms with van der Waals surface area (Å²) >= 11 is 0. The molecular weight excluding hydrogens is 370 g/mol. The van der Waals surface area contributed by atoms with Crippen LogP contribution in [0.1, 0.15) is 50.4 Å². The van der Waals surface area contributed by atoms with Gasteiger partial charge < -0.3 is 15.4 Å². The van der Waals surface area contributed by atoms with Crippen molar-refractivity contribution < 1.29 is 14.7 Å². The lowest BCUT2D eigenvalue weighted by Gasteiger charge is -2.23. The highest BCUT2D eigenvalue weighted by atomic mass is 16.4. The number of carbonyl (C=O) groups is 2. The molecular formula is C21H17N5O3. The first-order chi connectivity index (χ1) is 14.1. The van der Waals surface area contributed by atoms with Gasteiger partial charge in [0.25, 0.3) is 5.91 Å². The van der Waals surface area contributed by atoms with Crippen molar-refractivity contribution >= 4 is 11.9 Å². The minimum Gasteiger partial charge on any atom is -0.478 e. The second-order valence-electron chi connectivity index (χ2n) is 8.03. The van der Waals surface area contributed by atoms with Crippen molar-refractivity contribution in [1.29, 1.82) is 0 Å². The maximum atomic E-state index is 12.6. The molecule has 1 fully saturated rings. The number of aromatic nitrogens is 4. The Labute approximate surface area is 165 Å². The molecule has 6 rings (SSSR count). The highest BCUT2D eigenvalue weighted by molar-refractivity contribution is 6.01. The number of pyridine rings is 1. The number of nitrogens with zero attached hydrogens (tertiary/aromatic N) is 3. The largest absolute Gasteiger partial charge is 0.478 e. The van der Waals surface area contributed by atoms with E-state index < -0.39 is 5.97 Å². The Morgan fingerprint density at radius 2 is 2.03 bits per heavy atom. The van der Waals surface area contributed by atoms with Crippen LogP contribution in [0.25, 0.3) is 22.8 Å². The molecule has 144 valence electrons. The average Bonchev–Trinajstić information content (AvgIpc) is 3.40. The molecule has 29 heavy (non-hydrogen) atoms. The monoisotopic (exact) mass is 387 g/mol. The van der Waals surface area contributed by atoms with Crippen molar-refractivity contribution in [3.05, 3.63) is 52.6 Å². The molecule has 3 aromatic heterocycles. The van der Waals surface area contributed by atoms with Crippen LogP contribution in [0.5, 0.6) is 0 Å². The summed E-state index contributed by atoms with van der Waals surface area (Å²) in [5.74, 6) is -0.631. The predicted octanol–water partition coefficient (Wildman–Crippen LogP) is 2.11. The van der Waals surface area contributed by atoms with Crippen molar-refractivity contribution in [2.75, 3.05) is 6.54 Å². The standard InChI is InChI=1S/C21H17N5O3/c27-19-14-13-2-1-10-8-23-18(11-5-12(20(28)29)7-22-6-11)26-15(10)16(13)25-17(14)21(3-4-21)9-24-19/h5-8,25H,1-4,9H2,(H,24,27)(H,28,29). The number of carboxylic acid groups (broad SMARTS) is 1. The highest BCUT2D eigenvalue weighted by Gasteiger charge is 2.51. The van der Waals surface area contributed by atoms with Crippen molar-refractivity contribution in [2.45, 2.75) is 31.1 Å². The number of H-pyrrole nitrogens is 1. The summed E-state index contributed by atoms with van der Waals surface area (Å²) in [6, 6.07) is 1.52. The summed E-state index contributed by atoms with van der Waals surface area (Å²) < 4.78 is 0. The van der Waals surface area contributed by atoms with E-state index in [2.05, 4.69) is 20.3 Å². The molecule has 3 aromatic rings. The zero-order chi connectivity index (χ0) is 19.8. The predicted molar refractivity (Wildman–Crippen MR) is 103 cm³/mol. The molecule has 3 aliphatic rings. The van der Waals surface area contributed by atoms with Crippen LogP contribution < -0.4 is 5.32 Å². The number of aromatic amines is 1. The second kappa shape index (κ2) is 5.50. The Bertz CT molecular complexity index is 1230. The first-order valence-electron chi connectivity index (χ1n) is 9.64. The van der Waals surface area contributed by atoms with Crippen LogP contribution in [-0.2, 0) is 18.3 Å². The summed E-state index contributed by atoms with van der Waals surface area (Å²) in [6.45, 7) is 0.688. The molecule has 1 aliphatic heterocycles. The molecule has 0 bridgehead atoms. The van der Waals surface area contributed by atoms with E-state index in [9.17, 15) is 14.7 Å². The Morgan fingerprint density at radius 3 is 2.83 bits per heavy atom. The number of carbonyl (C=O) groups excluding carboxylic acids is 1. The normalized spacial score (nSPS) is 17.9. The van der Waals surface area contributed by atoms with Crippen LogP contribution in [0, 0.1) is 0 Å². The quantitative estimate of drug-likeness (QED) is 0.619. The molecule has 0 atom stereocenters. The number of aryl methyl sites for hydroxylation is 1. The Balaban J connectivity index is 1.51. The van der Waals surface area contributed by atoms with Gasteiger partial charge in [0.05, 0.1) is 22.5 Å². The number of nitrogens with one attached hydrogen (secondary N) is 2. The third-order valence-electron chi connectivity index (χ3n) is 6.29. The second-order valence-corrected chi connectivity index (χ2v) is 8.03. The van der Waals surface area contributed by atoms with Crippen LogP contribution in [0.2, 0.25) is 0 Å². The highest BCUT2D eigenvalue weighted by Crippen LogP contribution is 2.52. The fourth-order valence-corrected chi connectivity index (χ4v) is 4.53. The lowest BCUT2D eigenvalue weighted by molar-refractivity contribution is 0.0696. The number of fused-ring (bicyclic) bond motifs is 6. The summed E-state index contributed by atoms with van der Waals surface area (Å²) in [5, 5.41) is 12.3. The number of amides is 1. The van der Waals surface area contributed by atoms with Gasteiger partial charge in [0.2, 0.25) is 0 Å². The van der Waals surface area contributed by atoms with Crippen LogP contribution in [0.15, 0.2) is 24.7 Å². The third-order valence-corrected chi connectivity index (χ3v) is 6.29.